The smallest absolute Gasteiger partial charge is 0.345 e. The summed E-state index contributed by atoms with van der Waals surface area (Å²) in [7, 11) is 1.55. The summed E-state index contributed by atoms with van der Waals surface area (Å²) >= 11 is 0. The summed E-state index contributed by atoms with van der Waals surface area (Å²) in [4.78, 5) is 20.6. The summed E-state index contributed by atoms with van der Waals surface area (Å²) in [5.41, 5.74) is 3.67. The molecule has 3 heterocycles. The van der Waals surface area contributed by atoms with Crippen LogP contribution in [-0.2, 0) is 4.74 Å². The third-order valence-electron chi connectivity index (χ3n) is 6.04. The number of alkyl halides is 2. The summed E-state index contributed by atoms with van der Waals surface area (Å²) in [6.45, 7) is -1.33. The first-order valence-corrected chi connectivity index (χ1v) is 11.3. The van der Waals surface area contributed by atoms with Crippen LogP contribution in [0.3, 0.4) is 0 Å². The van der Waals surface area contributed by atoms with Crippen molar-refractivity contribution in [3.05, 3.63) is 42.0 Å². The first-order chi connectivity index (χ1) is 16.4. The maximum atomic E-state index is 12.4. The Labute approximate surface area is 195 Å². The van der Waals surface area contributed by atoms with Gasteiger partial charge in [-0.15, -0.1) is 5.10 Å². The number of hydrogen-bond donors (Lipinski definition) is 3. The van der Waals surface area contributed by atoms with Gasteiger partial charge in [-0.05, 0) is 56.4 Å². The zero-order valence-corrected chi connectivity index (χ0v) is 19.0. The molecule has 3 N–H and O–H groups in total. The Morgan fingerprint density at radius 3 is 2.74 bits per heavy atom. The van der Waals surface area contributed by atoms with Gasteiger partial charge in [-0.3, -0.25) is 9.78 Å². The lowest BCUT2D eigenvalue weighted by Crippen LogP contribution is -2.25. The predicted molar refractivity (Wildman–Crippen MR) is 122 cm³/mol. The average Bonchev–Trinajstić information content (AvgIpc) is 3.21. The van der Waals surface area contributed by atoms with Crippen LogP contribution in [0.4, 0.5) is 14.7 Å². The first-order valence-electron chi connectivity index (χ1n) is 11.3. The number of carbonyl (C=O) groups is 1. The highest BCUT2D eigenvalue weighted by Crippen LogP contribution is 2.37. The maximum absolute atomic E-state index is 12.4. The lowest BCUT2D eigenvalue weighted by molar-refractivity contribution is -0.130. The molecule has 0 aliphatic heterocycles. The Balaban J connectivity index is 1.73. The number of pyridine rings is 1. The van der Waals surface area contributed by atoms with Gasteiger partial charge in [0.25, 0.3) is 5.91 Å². The lowest BCUT2D eigenvalue weighted by atomic mass is 9.85. The van der Waals surface area contributed by atoms with Crippen LogP contribution in [0, 0.1) is 0 Å². The number of ether oxygens (including phenoxy) is 1. The number of anilines is 1. The Kier molecular flexibility index (Phi) is 7.32. The second kappa shape index (κ2) is 10.4. The van der Waals surface area contributed by atoms with E-state index < -0.39 is 12.7 Å². The lowest BCUT2D eigenvalue weighted by Gasteiger charge is -2.25. The van der Waals surface area contributed by atoms with Gasteiger partial charge in [0.1, 0.15) is 5.69 Å². The van der Waals surface area contributed by atoms with E-state index in [0.717, 1.165) is 35.2 Å². The van der Waals surface area contributed by atoms with Gasteiger partial charge in [-0.1, -0.05) is 0 Å². The molecule has 1 saturated carbocycles. The van der Waals surface area contributed by atoms with Gasteiger partial charge in [0, 0.05) is 36.5 Å². The Hall–Kier alpha value is -3.18. The number of rotatable bonds is 8. The molecule has 0 radical (unpaired) electrons. The molecule has 34 heavy (non-hydrogen) atoms. The summed E-state index contributed by atoms with van der Waals surface area (Å²) in [6.07, 6.45) is 6.02. The number of aromatic nitrogens is 4. The summed E-state index contributed by atoms with van der Waals surface area (Å²) in [6, 6.07) is 5.16. The number of carbonyl (C=O) groups excluding carboxylic acids is 1. The minimum Gasteiger partial charge on any atom is -0.393 e. The molecule has 1 amide bonds. The Bertz CT molecular complexity index is 1150. The standard InChI is InChI=1S/C23H28F2N6O3/c1-13(12-34-22(24)25)29-23-28-11-20-17(15-7-8-27-18(9-15)21(33)26-2)10-19(31(20)30-23)14-3-5-16(32)6-4-14/h7-11,13-14,16,22,32H,3-6,12H2,1-2H3,(H,26,33)(H,29,30)/t13-,14-,16-/m0/s1. The van der Waals surface area contributed by atoms with Crippen molar-refractivity contribution in [2.45, 2.75) is 57.3 Å². The van der Waals surface area contributed by atoms with Crippen molar-refractivity contribution in [1.82, 2.24) is 24.9 Å². The van der Waals surface area contributed by atoms with Crippen molar-refractivity contribution in [2.24, 2.45) is 0 Å². The quantitative estimate of drug-likeness (QED) is 0.459. The van der Waals surface area contributed by atoms with Gasteiger partial charge in [0.05, 0.1) is 24.4 Å². The molecular weight excluding hydrogens is 446 g/mol. The van der Waals surface area contributed by atoms with E-state index in [0.29, 0.717) is 18.5 Å². The summed E-state index contributed by atoms with van der Waals surface area (Å²) < 4.78 is 30.9. The van der Waals surface area contributed by atoms with Crippen molar-refractivity contribution in [1.29, 1.82) is 0 Å². The van der Waals surface area contributed by atoms with Crippen molar-refractivity contribution < 1.29 is 23.4 Å². The van der Waals surface area contributed by atoms with Crippen LogP contribution in [0.2, 0.25) is 0 Å². The van der Waals surface area contributed by atoms with E-state index in [2.05, 4.69) is 30.4 Å². The van der Waals surface area contributed by atoms with Crippen LogP contribution in [0.25, 0.3) is 16.6 Å². The molecule has 1 atom stereocenters. The van der Waals surface area contributed by atoms with Crippen LogP contribution in [-0.4, -0.2) is 63.0 Å². The minimum absolute atomic E-state index is 0.187. The molecule has 3 aromatic rings. The molecule has 0 bridgehead atoms. The van der Waals surface area contributed by atoms with Gasteiger partial charge < -0.3 is 20.5 Å². The molecule has 3 aromatic heterocycles. The number of halogens is 2. The van der Waals surface area contributed by atoms with Crippen LogP contribution in [0.5, 0.6) is 0 Å². The molecule has 0 aromatic carbocycles. The topological polar surface area (TPSA) is 114 Å². The molecule has 1 fully saturated rings. The van der Waals surface area contributed by atoms with Crippen molar-refractivity contribution in [2.75, 3.05) is 19.0 Å². The highest BCUT2D eigenvalue weighted by molar-refractivity contribution is 5.94. The maximum Gasteiger partial charge on any atom is 0.345 e. The molecule has 11 heteroatoms. The molecule has 9 nitrogen and oxygen atoms in total. The van der Waals surface area contributed by atoms with Gasteiger partial charge in [0.15, 0.2) is 0 Å². The highest BCUT2D eigenvalue weighted by atomic mass is 19.3. The number of amides is 1. The van der Waals surface area contributed by atoms with Crippen LogP contribution < -0.4 is 10.6 Å². The molecule has 0 unspecified atom stereocenters. The third-order valence-corrected chi connectivity index (χ3v) is 6.04. The molecule has 4 rings (SSSR count). The third kappa shape index (κ3) is 5.31. The van der Waals surface area contributed by atoms with Gasteiger partial charge in [0.2, 0.25) is 5.95 Å². The van der Waals surface area contributed by atoms with E-state index in [-0.39, 0.29) is 30.5 Å². The van der Waals surface area contributed by atoms with Crippen LogP contribution in [0.15, 0.2) is 30.6 Å². The van der Waals surface area contributed by atoms with Gasteiger partial charge >= 0.3 is 6.61 Å². The number of nitrogens with zero attached hydrogens (tertiary/aromatic N) is 4. The van der Waals surface area contributed by atoms with Crippen molar-refractivity contribution in [3.63, 3.8) is 0 Å². The number of hydrogen-bond acceptors (Lipinski definition) is 7. The number of aliphatic hydroxyl groups is 1. The second-order valence-corrected chi connectivity index (χ2v) is 8.52. The van der Waals surface area contributed by atoms with Crippen molar-refractivity contribution in [3.8, 4) is 11.1 Å². The number of aliphatic hydroxyl groups excluding tert-OH is 1. The van der Waals surface area contributed by atoms with E-state index in [1.54, 1.807) is 32.4 Å². The Morgan fingerprint density at radius 1 is 1.26 bits per heavy atom. The van der Waals surface area contributed by atoms with E-state index in [1.165, 1.54) is 0 Å². The molecule has 0 saturated heterocycles. The normalized spacial score (nSPS) is 19.4. The van der Waals surface area contributed by atoms with Gasteiger partial charge in [-0.25, -0.2) is 9.50 Å². The predicted octanol–water partition coefficient (Wildman–Crippen LogP) is 3.21. The number of fused-ring (bicyclic) bond motifs is 1. The largest absolute Gasteiger partial charge is 0.393 e. The van der Waals surface area contributed by atoms with E-state index in [1.807, 2.05) is 16.6 Å². The fraction of sp³-hybridized carbons (Fsp3) is 0.478. The SMILES string of the molecule is CNC(=O)c1cc(-c2cc([C@H]3CC[C@H](O)CC3)n3nc(N[C@@H](C)COC(F)F)ncc23)ccn1. The molecule has 1 aliphatic carbocycles. The van der Waals surface area contributed by atoms with Crippen molar-refractivity contribution >= 4 is 17.4 Å². The fourth-order valence-electron chi connectivity index (χ4n) is 4.30. The zero-order chi connectivity index (χ0) is 24.2. The first kappa shape index (κ1) is 24.0. The van der Waals surface area contributed by atoms with Crippen LogP contribution in [0.1, 0.15) is 54.7 Å². The van der Waals surface area contributed by atoms with Gasteiger partial charge in [-0.2, -0.15) is 8.78 Å². The highest BCUT2D eigenvalue weighted by Gasteiger charge is 2.26. The molecule has 1 aliphatic rings. The molecule has 182 valence electrons. The number of nitrogens with one attached hydrogen (secondary N) is 2. The molecular formula is C23H28F2N6O3. The minimum atomic E-state index is -2.84. The van der Waals surface area contributed by atoms with E-state index in [9.17, 15) is 18.7 Å². The Morgan fingerprint density at radius 2 is 2.03 bits per heavy atom. The average molecular weight is 475 g/mol. The second-order valence-electron chi connectivity index (χ2n) is 8.52. The zero-order valence-electron chi connectivity index (χ0n) is 19.0. The summed E-state index contributed by atoms with van der Waals surface area (Å²) in [5, 5.41) is 20.2. The fourth-order valence-corrected chi connectivity index (χ4v) is 4.30. The van der Waals surface area contributed by atoms with Crippen LogP contribution >= 0.6 is 0 Å². The molecule has 0 spiro atoms. The van der Waals surface area contributed by atoms with E-state index in [4.69, 9.17) is 0 Å². The van der Waals surface area contributed by atoms with E-state index >= 15 is 0 Å². The summed E-state index contributed by atoms with van der Waals surface area (Å²) in [5.74, 6) is 0.194. The monoisotopic (exact) mass is 474 g/mol.